The SMILES string of the molecule is CC(=O)c1ccc(OCC=C(C)C)c(C(C)=O)c1OCC=C(C)C. The third-order valence-corrected chi connectivity index (χ3v) is 3.30. The van der Waals surface area contributed by atoms with E-state index in [-0.39, 0.29) is 11.6 Å². The minimum atomic E-state index is -0.197. The van der Waals surface area contributed by atoms with Crippen molar-refractivity contribution < 1.29 is 19.1 Å². The zero-order valence-electron chi connectivity index (χ0n) is 15.4. The number of carbonyl (C=O) groups is 2. The third-order valence-electron chi connectivity index (χ3n) is 3.30. The van der Waals surface area contributed by atoms with E-state index in [1.165, 1.54) is 13.8 Å². The predicted molar refractivity (Wildman–Crippen MR) is 96.3 cm³/mol. The summed E-state index contributed by atoms with van der Waals surface area (Å²) in [5.74, 6) is 0.373. The second-order valence-electron chi connectivity index (χ2n) is 6.11. The summed E-state index contributed by atoms with van der Waals surface area (Å²) in [7, 11) is 0. The minimum absolute atomic E-state index is 0.152. The second kappa shape index (κ2) is 9.06. The number of ketones is 2. The van der Waals surface area contributed by atoms with E-state index in [9.17, 15) is 9.59 Å². The monoisotopic (exact) mass is 330 g/mol. The maximum atomic E-state index is 12.2. The van der Waals surface area contributed by atoms with Crippen LogP contribution in [0.1, 0.15) is 62.3 Å². The smallest absolute Gasteiger partial charge is 0.167 e. The van der Waals surface area contributed by atoms with Gasteiger partial charge in [-0.15, -0.1) is 0 Å². The van der Waals surface area contributed by atoms with Crippen molar-refractivity contribution in [2.45, 2.75) is 41.5 Å². The van der Waals surface area contributed by atoms with Crippen molar-refractivity contribution in [1.82, 2.24) is 0 Å². The lowest BCUT2D eigenvalue weighted by atomic mass is 10.0. The van der Waals surface area contributed by atoms with Gasteiger partial charge >= 0.3 is 0 Å². The van der Waals surface area contributed by atoms with Crippen LogP contribution in [0.4, 0.5) is 0 Å². The molecule has 0 aliphatic rings. The summed E-state index contributed by atoms with van der Waals surface area (Å²) >= 11 is 0. The van der Waals surface area contributed by atoms with Gasteiger partial charge in [0, 0.05) is 0 Å². The van der Waals surface area contributed by atoms with Crippen molar-refractivity contribution in [2.75, 3.05) is 13.2 Å². The second-order valence-corrected chi connectivity index (χ2v) is 6.11. The molecule has 1 aromatic rings. The van der Waals surface area contributed by atoms with Crippen LogP contribution >= 0.6 is 0 Å². The summed E-state index contributed by atoms with van der Waals surface area (Å²) < 4.78 is 11.5. The third kappa shape index (κ3) is 5.69. The van der Waals surface area contributed by atoms with E-state index in [1.54, 1.807) is 12.1 Å². The first-order valence-corrected chi connectivity index (χ1v) is 7.95. The number of hydrogen-bond acceptors (Lipinski definition) is 4. The van der Waals surface area contributed by atoms with Crippen molar-refractivity contribution >= 4 is 11.6 Å². The number of rotatable bonds is 8. The molecule has 0 saturated heterocycles. The van der Waals surface area contributed by atoms with Crippen molar-refractivity contribution in [3.05, 3.63) is 46.6 Å². The highest BCUT2D eigenvalue weighted by atomic mass is 16.5. The van der Waals surface area contributed by atoms with Gasteiger partial charge in [0.15, 0.2) is 11.6 Å². The fourth-order valence-corrected chi connectivity index (χ4v) is 2.04. The number of Topliss-reactive ketones (excluding diaryl/α,β-unsaturated/α-hetero) is 2. The van der Waals surface area contributed by atoms with Crippen LogP contribution < -0.4 is 9.47 Å². The Morgan fingerprint density at radius 2 is 1.38 bits per heavy atom. The average molecular weight is 330 g/mol. The topological polar surface area (TPSA) is 52.6 Å². The molecule has 0 unspecified atom stereocenters. The van der Waals surface area contributed by atoms with Gasteiger partial charge in [-0.05, 0) is 65.8 Å². The Labute approximate surface area is 144 Å². The number of carbonyl (C=O) groups excluding carboxylic acids is 2. The number of benzene rings is 1. The largest absolute Gasteiger partial charge is 0.489 e. The summed E-state index contributed by atoms with van der Waals surface area (Å²) in [5, 5.41) is 0. The Morgan fingerprint density at radius 1 is 0.833 bits per heavy atom. The molecule has 0 spiro atoms. The number of hydrogen-bond donors (Lipinski definition) is 0. The van der Waals surface area contributed by atoms with Crippen LogP contribution in [0.3, 0.4) is 0 Å². The first kappa shape index (κ1) is 19.7. The van der Waals surface area contributed by atoms with Gasteiger partial charge in [0.1, 0.15) is 30.3 Å². The Hall–Kier alpha value is -2.36. The predicted octanol–water partition coefficient (Wildman–Crippen LogP) is 4.78. The highest BCUT2D eigenvalue weighted by Gasteiger charge is 2.21. The van der Waals surface area contributed by atoms with Crippen molar-refractivity contribution in [3.8, 4) is 11.5 Å². The van der Waals surface area contributed by atoms with Gasteiger partial charge < -0.3 is 9.47 Å². The van der Waals surface area contributed by atoms with Gasteiger partial charge in [-0.2, -0.15) is 0 Å². The zero-order valence-corrected chi connectivity index (χ0v) is 15.4. The molecule has 130 valence electrons. The van der Waals surface area contributed by atoms with Crippen LogP contribution in [-0.4, -0.2) is 24.8 Å². The van der Waals surface area contributed by atoms with Gasteiger partial charge in [-0.3, -0.25) is 9.59 Å². The molecular formula is C20H26O4. The fraction of sp³-hybridized carbons (Fsp3) is 0.400. The first-order valence-electron chi connectivity index (χ1n) is 7.95. The number of allylic oxidation sites excluding steroid dienone is 2. The zero-order chi connectivity index (χ0) is 18.3. The maximum absolute atomic E-state index is 12.2. The van der Waals surface area contributed by atoms with Crippen LogP contribution in [0, 0.1) is 0 Å². The highest BCUT2D eigenvalue weighted by Crippen LogP contribution is 2.33. The lowest BCUT2D eigenvalue weighted by Crippen LogP contribution is -2.10. The Morgan fingerprint density at radius 3 is 1.83 bits per heavy atom. The Kier molecular flexibility index (Phi) is 7.43. The molecule has 4 nitrogen and oxygen atoms in total. The highest BCUT2D eigenvalue weighted by molar-refractivity contribution is 6.05. The van der Waals surface area contributed by atoms with Gasteiger partial charge in [0.05, 0.1) is 5.56 Å². The average Bonchev–Trinajstić information content (AvgIpc) is 2.45. The molecule has 0 N–H and O–H groups in total. The van der Waals surface area contributed by atoms with E-state index in [1.807, 2.05) is 39.8 Å². The molecule has 0 saturated carbocycles. The lowest BCUT2D eigenvalue weighted by molar-refractivity contribution is 0.100. The van der Waals surface area contributed by atoms with Crippen LogP contribution in [-0.2, 0) is 0 Å². The summed E-state index contributed by atoms with van der Waals surface area (Å²) in [6, 6.07) is 3.30. The van der Waals surface area contributed by atoms with Crippen molar-refractivity contribution in [2.24, 2.45) is 0 Å². The summed E-state index contributed by atoms with van der Waals surface area (Å²) in [6.45, 7) is 11.4. The van der Waals surface area contributed by atoms with E-state index in [2.05, 4.69) is 0 Å². The lowest BCUT2D eigenvalue weighted by Gasteiger charge is -2.16. The first-order chi connectivity index (χ1) is 11.2. The molecule has 0 bridgehead atoms. The Balaban J connectivity index is 3.31. The van der Waals surface area contributed by atoms with E-state index in [0.29, 0.717) is 35.8 Å². The number of ether oxygens (including phenoxy) is 2. The normalized spacial score (nSPS) is 9.92. The molecule has 1 rings (SSSR count). The van der Waals surface area contributed by atoms with Crippen LogP contribution in [0.2, 0.25) is 0 Å². The van der Waals surface area contributed by atoms with Crippen molar-refractivity contribution in [3.63, 3.8) is 0 Å². The molecule has 0 radical (unpaired) electrons. The van der Waals surface area contributed by atoms with E-state index in [4.69, 9.17) is 9.47 Å². The van der Waals surface area contributed by atoms with Crippen molar-refractivity contribution in [1.29, 1.82) is 0 Å². The standard InChI is InChI=1S/C20H26O4/c1-13(2)9-11-23-18-8-7-17(15(5)21)20(19(18)16(6)22)24-12-10-14(3)4/h7-10H,11-12H2,1-6H3. The molecule has 4 heteroatoms. The molecule has 1 aromatic carbocycles. The summed E-state index contributed by atoms with van der Waals surface area (Å²) in [6.07, 6.45) is 3.82. The molecule has 0 atom stereocenters. The van der Waals surface area contributed by atoms with Gasteiger partial charge in [-0.1, -0.05) is 11.1 Å². The molecule has 0 aliphatic heterocycles. The van der Waals surface area contributed by atoms with Crippen LogP contribution in [0.25, 0.3) is 0 Å². The molecular weight excluding hydrogens is 304 g/mol. The molecule has 0 heterocycles. The minimum Gasteiger partial charge on any atom is -0.489 e. The van der Waals surface area contributed by atoms with Gasteiger partial charge in [-0.25, -0.2) is 0 Å². The molecule has 0 aromatic heterocycles. The Bertz CT molecular complexity index is 673. The quantitative estimate of drug-likeness (QED) is 0.508. The summed E-state index contributed by atoms with van der Waals surface area (Å²) in [4.78, 5) is 24.0. The maximum Gasteiger partial charge on any atom is 0.167 e. The van der Waals surface area contributed by atoms with E-state index in [0.717, 1.165) is 11.1 Å². The molecule has 0 fully saturated rings. The molecule has 0 aliphatic carbocycles. The van der Waals surface area contributed by atoms with E-state index < -0.39 is 0 Å². The molecule has 24 heavy (non-hydrogen) atoms. The summed E-state index contributed by atoms with van der Waals surface area (Å²) in [5.41, 5.74) is 2.92. The fourth-order valence-electron chi connectivity index (χ4n) is 2.04. The van der Waals surface area contributed by atoms with Crippen LogP contribution in [0.5, 0.6) is 11.5 Å². The molecule has 0 amide bonds. The van der Waals surface area contributed by atoms with E-state index >= 15 is 0 Å². The van der Waals surface area contributed by atoms with Gasteiger partial charge in [0.25, 0.3) is 0 Å². The van der Waals surface area contributed by atoms with Crippen LogP contribution in [0.15, 0.2) is 35.4 Å². The van der Waals surface area contributed by atoms with Gasteiger partial charge in [0.2, 0.25) is 0 Å².